The maximum absolute atomic E-state index is 13.3. The number of nitrogens with zero attached hydrogens (tertiary/aromatic N) is 1. The number of carbonyl (C=O) groups excluding carboxylic acids is 2. The van der Waals surface area contributed by atoms with Gasteiger partial charge in [-0.3, -0.25) is 9.59 Å². The molecule has 0 saturated carbocycles. The van der Waals surface area contributed by atoms with Crippen molar-refractivity contribution < 1.29 is 28.9 Å². The van der Waals surface area contributed by atoms with E-state index in [0.717, 1.165) is 23.1 Å². The molecule has 7 nitrogen and oxygen atoms in total. The van der Waals surface area contributed by atoms with Crippen LogP contribution in [0.4, 0.5) is 0 Å². The summed E-state index contributed by atoms with van der Waals surface area (Å²) in [7, 11) is 1.55. The van der Waals surface area contributed by atoms with Crippen LogP contribution in [0.25, 0.3) is 5.76 Å². The molecular weight excluding hydrogens is 446 g/mol. The zero-order valence-electron chi connectivity index (χ0n) is 19.5. The lowest BCUT2D eigenvalue weighted by Crippen LogP contribution is -2.29. The Kier molecular flexibility index (Phi) is 5.91. The van der Waals surface area contributed by atoms with Gasteiger partial charge in [0.25, 0.3) is 11.7 Å². The summed E-state index contributed by atoms with van der Waals surface area (Å²) in [6.45, 7) is 2.38. The van der Waals surface area contributed by atoms with Crippen LogP contribution in [-0.4, -0.2) is 35.6 Å². The van der Waals surface area contributed by atoms with Crippen LogP contribution in [0.3, 0.4) is 0 Å². The standard InChI is InChI=1S/C28H25NO6/c1-3-17-4-7-19(8-5-17)25-24(26(30)20-9-11-21(33-2)12-10-20)27(31)28(32)29(25)15-18-6-13-22-23(14-18)35-16-34-22/h4-14,25,30H,3,15-16H2,1-2H3. The topological polar surface area (TPSA) is 85.3 Å². The minimum Gasteiger partial charge on any atom is -0.507 e. The third kappa shape index (κ3) is 4.10. The molecule has 3 aromatic rings. The maximum atomic E-state index is 13.3. The first-order chi connectivity index (χ1) is 17.0. The van der Waals surface area contributed by atoms with E-state index >= 15 is 0 Å². The molecule has 1 amide bonds. The lowest BCUT2D eigenvalue weighted by molar-refractivity contribution is -0.140. The minimum absolute atomic E-state index is 0.0603. The summed E-state index contributed by atoms with van der Waals surface area (Å²) in [5.41, 5.74) is 3.16. The molecule has 1 fully saturated rings. The molecule has 2 heterocycles. The van der Waals surface area contributed by atoms with E-state index in [9.17, 15) is 14.7 Å². The molecule has 2 aliphatic heterocycles. The van der Waals surface area contributed by atoms with Crippen LogP contribution in [0.2, 0.25) is 0 Å². The number of aliphatic hydroxyl groups is 1. The van der Waals surface area contributed by atoms with Crippen molar-refractivity contribution >= 4 is 17.4 Å². The number of amides is 1. The Hall–Kier alpha value is -4.26. The number of carbonyl (C=O) groups is 2. The second-order valence-electron chi connectivity index (χ2n) is 8.44. The summed E-state index contributed by atoms with van der Waals surface area (Å²) in [5, 5.41) is 11.2. The molecular formula is C28H25NO6. The summed E-state index contributed by atoms with van der Waals surface area (Å²) in [5.74, 6) is 0.259. The van der Waals surface area contributed by atoms with Crippen molar-refractivity contribution in [2.75, 3.05) is 13.9 Å². The molecule has 0 aliphatic carbocycles. The van der Waals surface area contributed by atoms with E-state index in [-0.39, 0.29) is 24.7 Å². The predicted molar refractivity (Wildman–Crippen MR) is 129 cm³/mol. The van der Waals surface area contributed by atoms with Gasteiger partial charge in [-0.1, -0.05) is 37.3 Å². The highest BCUT2D eigenvalue weighted by Gasteiger charge is 2.46. The molecule has 0 radical (unpaired) electrons. The number of aryl methyl sites for hydroxylation is 1. The Labute approximate surface area is 203 Å². The van der Waals surface area contributed by atoms with Crippen LogP contribution in [0.5, 0.6) is 17.2 Å². The number of ether oxygens (including phenoxy) is 3. The number of hydrogen-bond donors (Lipinski definition) is 1. The summed E-state index contributed by atoms with van der Waals surface area (Å²) in [6, 6.07) is 19.2. The quantitative estimate of drug-likeness (QED) is 0.321. The zero-order chi connectivity index (χ0) is 24.5. The van der Waals surface area contributed by atoms with E-state index in [1.54, 1.807) is 37.4 Å². The summed E-state index contributed by atoms with van der Waals surface area (Å²) in [6.07, 6.45) is 0.865. The van der Waals surface area contributed by atoms with Crippen LogP contribution in [0.1, 0.15) is 35.2 Å². The van der Waals surface area contributed by atoms with Gasteiger partial charge in [0.15, 0.2) is 11.5 Å². The summed E-state index contributed by atoms with van der Waals surface area (Å²) < 4.78 is 16.0. The Morgan fingerprint density at radius 1 is 0.971 bits per heavy atom. The molecule has 1 N–H and O–H groups in total. The monoisotopic (exact) mass is 471 g/mol. The van der Waals surface area contributed by atoms with Crippen molar-refractivity contribution in [1.29, 1.82) is 0 Å². The van der Waals surface area contributed by atoms with Crippen molar-refractivity contribution in [3.05, 3.63) is 94.6 Å². The predicted octanol–water partition coefficient (Wildman–Crippen LogP) is 4.61. The number of methoxy groups -OCH3 is 1. The third-order valence-electron chi connectivity index (χ3n) is 6.40. The molecule has 0 aromatic heterocycles. The van der Waals surface area contributed by atoms with Gasteiger partial charge in [-0.25, -0.2) is 0 Å². The SMILES string of the molecule is CCc1ccc(C2C(=C(O)c3ccc(OC)cc3)C(=O)C(=O)N2Cc2ccc3c(c2)OCO3)cc1. The molecule has 178 valence electrons. The molecule has 0 bridgehead atoms. The van der Waals surface area contributed by atoms with E-state index in [2.05, 4.69) is 6.92 Å². The number of aliphatic hydroxyl groups excluding tert-OH is 1. The maximum Gasteiger partial charge on any atom is 0.295 e. The first-order valence-electron chi connectivity index (χ1n) is 11.4. The Morgan fingerprint density at radius 2 is 1.66 bits per heavy atom. The number of fused-ring (bicyclic) bond motifs is 1. The van der Waals surface area contributed by atoms with Crippen molar-refractivity contribution in [2.45, 2.75) is 25.9 Å². The fourth-order valence-electron chi connectivity index (χ4n) is 4.47. The number of benzene rings is 3. The first-order valence-corrected chi connectivity index (χ1v) is 11.4. The van der Waals surface area contributed by atoms with Gasteiger partial charge in [0.2, 0.25) is 6.79 Å². The smallest absolute Gasteiger partial charge is 0.295 e. The molecule has 35 heavy (non-hydrogen) atoms. The van der Waals surface area contributed by atoms with E-state index in [4.69, 9.17) is 14.2 Å². The zero-order valence-corrected chi connectivity index (χ0v) is 19.5. The molecule has 3 aromatic carbocycles. The molecule has 7 heteroatoms. The van der Waals surface area contributed by atoms with E-state index in [0.29, 0.717) is 22.8 Å². The number of rotatable bonds is 6. The van der Waals surface area contributed by atoms with E-state index < -0.39 is 17.7 Å². The van der Waals surface area contributed by atoms with E-state index in [1.165, 1.54) is 4.90 Å². The molecule has 5 rings (SSSR count). The molecule has 1 unspecified atom stereocenters. The number of Topliss-reactive ketones (excluding diaryl/α,β-unsaturated/α-hetero) is 1. The van der Waals surface area contributed by atoms with Crippen LogP contribution in [-0.2, 0) is 22.6 Å². The van der Waals surface area contributed by atoms with Crippen LogP contribution >= 0.6 is 0 Å². The van der Waals surface area contributed by atoms with Crippen LogP contribution in [0, 0.1) is 0 Å². The van der Waals surface area contributed by atoms with Crippen LogP contribution < -0.4 is 14.2 Å². The number of ketones is 1. The molecule has 2 aliphatic rings. The Bertz CT molecular complexity index is 1310. The normalized spacial score (nSPS) is 18.2. The molecule has 1 saturated heterocycles. The van der Waals surface area contributed by atoms with Gasteiger partial charge >= 0.3 is 0 Å². The highest BCUT2D eigenvalue weighted by atomic mass is 16.7. The number of hydrogen-bond acceptors (Lipinski definition) is 6. The van der Waals surface area contributed by atoms with Gasteiger partial charge in [-0.15, -0.1) is 0 Å². The van der Waals surface area contributed by atoms with Gasteiger partial charge in [0.1, 0.15) is 11.5 Å². The second-order valence-corrected chi connectivity index (χ2v) is 8.44. The number of likely N-dealkylation sites (tertiary alicyclic amines) is 1. The van der Waals surface area contributed by atoms with Crippen LogP contribution in [0.15, 0.2) is 72.3 Å². The van der Waals surface area contributed by atoms with Gasteiger partial charge in [-0.2, -0.15) is 0 Å². The summed E-state index contributed by atoms with van der Waals surface area (Å²) in [4.78, 5) is 28.0. The van der Waals surface area contributed by atoms with Crippen molar-refractivity contribution in [3.8, 4) is 17.2 Å². The Morgan fingerprint density at radius 3 is 2.34 bits per heavy atom. The fraction of sp³-hybridized carbons (Fsp3) is 0.214. The van der Waals surface area contributed by atoms with Crippen molar-refractivity contribution in [2.24, 2.45) is 0 Å². The molecule has 0 spiro atoms. The third-order valence-corrected chi connectivity index (χ3v) is 6.40. The minimum atomic E-state index is -0.742. The molecule has 1 atom stereocenters. The van der Waals surface area contributed by atoms with Gasteiger partial charge in [0.05, 0.1) is 18.7 Å². The van der Waals surface area contributed by atoms with E-state index in [1.807, 2.05) is 36.4 Å². The highest BCUT2D eigenvalue weighted by molar-refractivity contribution is 6.46. The average molecular weight is 472 g/mol. The fourth-order valence-corrected chi connectivity index (χ4v) is 4.47. The second kappa shape index (κ2) is 9.18. The van der Waals surface area contributed by atoms with Gasteiger partial charge < -0.3 is 24.2 Å². The average Bonchev–Trinajstić information content (AvgIpc) is 3.46. The first kappa shape index (κ1) is 22.5. The van der Waals surface area contributed by atoms with Crippen molar-refractivity contribution in [3.63, 3.8) is 0 Å². The lowest BCUT2D eigenvalue weighted by atomic mass is 9.94. The van der Waals surface area contributed by atoms with Crippen molar-refractivity contribution in [1.82, 2.24) is 4.90 Å². The summed E-state index contributed by atoms with van der Waals surface area (Å²) >= 11 is 0. The van der Waals surface area contributed by atoms with Gasteiger partial charge in [-0.05, 0) is 59.5 Å². The highest BCUT2D eigenvalue weighted by Crippen LogP contribution is 2.41. The lowest BCUT2D eigenvalue weighted by Gasteiger charge is -2.25. The van der Waals surface area contributed by atoms with Gasteiger partial charge in [0, 0.05) is 12.1 Å². The Balaban J connectivity index is 1.59. The largest absolute Gasteiger partial charge is 0.507 e.